The Balaban J connectivity index is 0.000000212. The summed E-state index contributed by atoms with van der Waals surface area (Å²) in [6.07, 6.45) is 3.26. The smallest absolute Gasteiger partial charge is 0.111 e. The van der Waals surface area contributed by atoms with Crippen LogP contribution in [0, 0.1) is 29.6 Å². The van der Waals surface area contributed by atoms with Gasteiger partial charge in [0.15, 0.2) is 0 Å². The Morgan fingerprint density at radius 3 is 2.09 bits per heavy atom. The summed E-state index contributed by atoms with van der Waals surface area (Å²) in [7, 11) is 0. The van der Waals surface area contributed by atoms with Gasteiger partial charge in [0.2, 0.25) is 0 Å². The van der Waals surface area contributed by atoms with Crippen molar-refractivity contribution < 1.29 is 33.3 Å². The minimum atomic E-state index is -1.52. The van der Waals surface area contributed by atoms with Crippen molar-refractivity contribution in [2.24, 2.45) is 0 Å². The van der Waals surface area contributed by atoms with E-state index in [9.17, 15) is 13.2 Å². The Kier molecular flexibility index (Phi) is 8.86. The fourth-order valence-corrected chi connectivity index (χ4v) is 3.18. The van der Waals surface area contributed by atoms with Gasteiger partial charge < -0.3 is 9.97 Å². The summed E-state index contributed by atoms with van der Waals surface area (Å²) < 4.78 is 40.4. The zero-order valence-corrected chi connectivity index (χ0v) is 20.1. The third-order valence-electron chi connectivity index (χ3n) is 4.74. The van der Waals surface area contributed by atoms with Crippen molar-refractivity contribution in [3.05, 3.63) is 133 Å². The van der Waals surface area contributed by atoms with Gasteiger partial charge in [-0.15, -0.1) is 48.0 Å². The molecule has 0 aliphatic heterocycles. The van der Waals surface area contributed by atoms with Gasteiger partial charge in [-0.3, -0.25) is 8.78 Å². The third-order valence-corrected chi connectivity index (χ3v) is 4.74. The van der Waals surface area contributed by atoms with Gasteiger partial charge in [-0.05, 0) is 34.6 Å². The zero-order chi connectivity index (χ0) is 23.0. The van der Waals surface area contributed by atoms with Gasteiger partial charge in [0.05, 0.1) is 11.6 Å². The van der Waals surface area contributed by atoms with Crippen LogP contribution in [-0.4, -0.2) is 9.97 Å². The summed E-state index contributed by atoms with van der Waals surface area (Å²) in [6, 6.07) is 32.6. The van der Waals surface area contributed by atoms with Crippen molar-refractivity contribution in [3.8, 4) is 33.6 Å². The molecule has 34 heavy (non-hydrogen) atoms. The Bertz CT molecular complexity index is 1290. The molecule has 0 atom stereocenters. The Morgan fingerprint density at radius 1 is 0.647 bits per heavy atom. The van der Waals surface area contributed by atoms with Crippen LogP contribution in [0.15, 0.2) is 103 Å². The van der Waals surface area contributed by atoms with Crippen molar-refractivity contribution in [1.29, 1.82) is 0 Å². The second kappa shape index (κ2) is 12.0. The molecule has 3 aromatic carbocycles. The summed E-state index contributed by atoms with van der Waals surface area (Å²) in [6.45, 7) is 0. The van der Waals surface area contributed by atoms with Crippen LogP contribution in [0.1, 0.15) is 0 Å². The van der Waals surface area contributed by atoms with E-state index in [2.05, 4.69) is 22.1 Å². The number of pyridine rings is 2. The quantitative estimate of drug-likeness (QED) is 0.156. The number of rotatable bonds is 3. The van der Waals surface area contributed by atoms with E-state index in [0.717, 1.165) is 22.9 Å². The predicted molar refractivity (Wildman–Crippen MR) is 122 cm³/mol. The molecular weight excluding hydrogens is 614 g/mol. The monoisotopic (exact) mass is 631 g/mol. The molecule has 6 heteroatoms. The van der Waals surface area contributed by atoms with E-state index in [-0.39, 0.29) is 31.4 Å². The van der Waals surface area contributed by atoms with E-state index in [1.807, 2.05) is 72.8 Å². The molecule has 0 unspecified atom stereocenters. The van der Waals surface area contributed by atoms with Crippen molar-refractivity contribution in [2.75, 3.05) is 0 Å². The molecule has 0 bridgehead atoms. The molecule has 0 amide bonds. The summed E-state index contributed by atoms with van der Waals surface area (Å²) in [5, 5.41) is 0. The molecule has 0 fully saturated rings. The molecule has 1 radical (unpaired) electrons. The second-order valence-electron chi connectivity index (χ2n) is 6.90. The van der Waals surface area contributed by atoms with Gasteiger partial charge in [0.1, 0.15) is 5.82 Å². The van der Waals surface area contributed by atoms with Gasteiger partial charge in [0, 0.05) is 32.5 Å². The molecule has 0 saturated carbocycles. The largest absolute Gasteiger partial charge is 0.305 e. The van der Waals surface area contributed by atoms with E-state index >= 15 is 0 Å². The van der Waals surface area contributed by atoms with E-state index in [4.69, 9.17) is 0 Å². The van der Waals surface area contributed by atoms with E-state index < -0.39 is 17.5 Å². The van der Waals surface area contributed by atoms with Crippen LogP contribution in [-0.2, 0) is 20.1 Å². The van der Waals surface area contributed by atoms with Crippen LogP contribution in [0.4, 0.5) is 13.2 Å². The van der Waals surface area contributed by atoms with E-state index in [1.54, 1.807) is 18.3 Å². The molecule has 171 valence electrons. The number of hydrogen-bond acceptors (Lipinski definition) is 2. The number of hydrogen-bond donors (Lipinski definition) is 0. The number of nitrogens with zero attached hydrogens (tertiary/aromatic N) is 2. The third kappa shape index (κ3) is 5.84. The fraction of sp³-hybridized carbons (Fsp3) is 0. The summed E-state index contributed by atoms with van der Waals surface area (Å²) in [5.74, 6) is -4.08. The van der Waals surface area contributed by atoms with Crippen molar-refractivity contribution in [3.63, 3.8) is 0 Å². The van der Waals surface area contributed by atoms with E-state index in [0.29, 0.717) is 5.56 Å². The zero-order valence-electron chi connectivity index (χ0n) is 17.7. The van der Waals surface area contributed by atoms with Crippen LogP contribution in [0.5, 0.6) is 0 Å². The van der Waals surface area contributed by atoms with Crippen LogP contribution < -0.4 is 0 Å². The number of halogens is 3. The first-order chi connectivity index (χ1) is 16.1. The molecule has 5 aromatic rings. The maximum absolute atomic E-state index is 14.0. The van der Waals surface area contributed by atoms with Gasteiger partial charge in [-0.1, -0.05) is 54.1 Å². The Hall–Kier alpha value is -3.60. The van der Waals surface area contributed by atoms with Crippen LogP contribution in [0.2, 0.25) is 0 Å². The molecule has 5 rings (SSSR count). The van der Waals surface area contributed by atoms with Gasteiger partial charge >= 0.3 is 0 Å². The minimum absolute atomic E-state index is 0. The van der Waals surface area contributed by atoms with Crippen molar-refractivity contribution in [1.82, 2.24) is 9.97 Å². The fourth-order valence-electron chi connectivity index (χ4n) is 3.18. The summed E-state index contributed by atoms with van der Waals surface area (Å²) in [4.78, 5) is 8.31. The summed E-state index contributed by atoms with van der Waals surface area (Å²) in [5.41, 5.74) is 3.47. The number of benzene rings is 3. The van der Waals surface area contributed by atoms with Crippen molar-refractivity contribution >= 4 is 0 Å². The Labute approximate surface area is 209 Å². The maximum atomic E-state index is 14.0. The number of aromatic nitrogens is 2. The molecule has 0 aliphatic rings. The normalized spacial score (nSPS) is 9.97. The van der Waals surface area contributed by atoms with Gasteiger partial charge in [-0.25, -0.2) is 4.39 Å². The average molecular weight is 631 g/mol. The summed E-state index contributed by atoms with van der Waals surface area (Å²) >= 11 is 0. The standard InChI is InChI=1S/C17H9F3N.C11H8N.Ir/c18-14-9-8-13(15(19)16(14)20)17-12(7-4-10-21-17)11-5-2-1-3-6-11;1-2-6-10(7-3-1)11-8-4-5-9-12-11;/h1-7,9-10H;1-6,8-9H;/q2*-1;. The molecule has 2 heterocycles. The Morgan fingerprint density at radius 2 is 1.38 bits per heavy atom. The molecule has 2 nitrogen and oxygen atoms in total. The molecule has 0 saturated heterocycles. The SMILES string of the molecule is Fc1c[c-]c(-c2ncccc2-c2ccccc2)c(F)c1F.[Ir].[c-]1ccccc1-c1ccccn1. The molecular formula is C28H17F3IrN2-2. The first-order valence-electron chi connectivity index (χ1n) is 10.1. The first-order valence-corrected chi connectivity index (χ1v) is 10.1. The molecule has 0 spiro atoms. The van der Waals surface area contributed by atoms with Crippen LogP contribution >= 0.6 is 0 Å². The van der Waals surface area contributed by atoms with E-state index in [1.165, 1.54) is 6.20 Å². The molecule has 0 aliphatic carbocycles. The van der Waals surface area contributed by atoms with Crippen LogP contribution in [0.25, 0.3) is 33.6 Å². The minimum Gasteiger partial charge on any atom is -0.305 e. The van der Waals surface area contributed by atoms with Crippen molar-refractivity contribution in [2.45, 2.75) is 0 Å². The second-order valence-corrected chi connectivity index (χ2v) is 6.90. The van der Waals surface area contributed by atoms with Gasteiger partial charge in [0.25, 0.3) is 0 Å². The topological polar surface area (TPSA) is 25.8 Å². The predicted octanol–water partition coefficient (Wildman–Crippen LogP) is 7.18. The van der Waals surface area contributed by atoms with Crippen LogP contribution in [0.3, 0.4) is 0 Å². The first kappa shape index (κ1) is 25.0. The molecule has 0 N–H and O–H groups in total. The van der Waals surface area contributed by atoms with Gasteiger partial charge in [-0.2, -0.15) is 0 Å². The average Bonchev–Trinajstić information content (AvgIpc) is 2.89. The maximum Gasteiger partial charge on any atom is 0.111 e. The molecule has 2 aromatic heterocycles.